The van der Waals surface area contributed by atoms with Gasteiger partial charge in [-0.25, -0.2) is 8.42 Å². The maximum absolute atomic E-state index is 11.1. The van der Waals surface area contributed by atoms with Crippen molar-refractivity contribution < 1.29 is 12.9 Å². The number of benzene rings is 1. The molecular weight excluding hydrogens is 254 g/mol. The summed E-state index contributed by atoms with van der Waals surface area (Å²) in [6.45, 7) is 0.415. The Morgan fingerprint density at radius 2 is 2.17 bits per heavy atom. The van der Waals surface area contributed by atoms with Crippen LogP contribution in [-0.2, 0) is 22.1 Å². The summed E-state index contributed by atoms with van der Waals surface area (Å²) >= 11 is 0. The molecule has 1 heterocycles. The van der Waals surface area contributed by atoms with Gasteiger partial charge in [-0.2, -0.15) is 4.98 Å². The van der Waals surface area contributed by atoms with Gasteiger partial charge in [0, 0.05) is 18.4 Å². The highest BCUT2D eigenvalue weighted by molar-refractivity contribution is 7.89. The zero-order chi connectivity index (χ0) is 13.2. The van der Waals surface area contributed by atoms with E-state index in [1.165, 1.54) is 0 Å². The predicted molar refractivity (Wildman–Crippen MR) is 66.2 cm³/mol. The van der Waals surface area contributed by atoms with Crippen molar-refractivity contribution in [1.29, 1.82) is 0 Å². The van der Waals surface area contributed by atoms with Crippen molar-refractivity contribution in [2.45, 2.75) is 12.3 Å². The van der Waals surface area contributed by atoms with E-state index in [1.807, 2.05) is 18.2 Å². The van der Waals surface area contributed by atoms with Gasteiger partial charge in [0.15, 0.2) is 15.7 Å². The van der Waals surface area contributed by atoms with E-state index in [-0.39, 0.29) is 11.6 Å². The molecule has 1 aromatic carbocycles. The molecule has 0 radical (unpaired) electrons. The third-order valence-corrected chi connectivity index (χ3v) is 3.05. The molecule has 0 amide bonds. The highest BCUT2D eigenvalue weighted by atomic mass is 32.2. The third-order valence-electron chi connectivity index (χ3n) is 2.27. The lowest BCUT2D eigenvalue weighted by molar-refractivity contribution is 0.424. The second-order valence-corrected chi connectivity index (χ2v) is 6.13. The summed E-state index contributed by atoms with van der Waals surface area (Å²) in [5.74, 6) is 0.224. The van der Waals surface area contributed by atoms with E-state index in [9.17, 15) is 8.42 Å². The number of nitrogens with zero attached hydrogens (tertiary/aromatic N) is 2. The fraction of sp³-hybridized carbons (Fsp3) is 0.273. The Labute approximate surface area is 105 Å². The minimum Gasteiger partial charge on any atom is -0.334 e. The molecule has 0 bridgehead atoms. The first kappa shape index (κ1) is 12.7. The Morgan fingerprint density at radius 3 is 2.83 bits per heavy atom. The van der Waals surface area contributed by atoms with Gasteiger partial charge in [-0.1, -0.05) is 17.3 Å². The summed E-state index contributed by atoms with van der Waals surface area (Å²) in [7, 11) is -3.16. The number of aromatic nitrogens is 2. The summed E-state index contributed by atoms with van der Waals surface area (Å²) in [5.41, 5.74) is 7.21. The molecule has 0 spiro atoms. The van der Waals surface area contributed by atoms with Crippen LogP contribution in [-0.4, -0.2) is 24.8 Å². The average molecular weight is 267 g/mol. The van der Waals surface area contributed by atoms with Crippen molar-refractivity contribution in [3.8, 4) is 11.5 Å². The largest absolute Gasteiger partial charge is 0.334 e. The van der Waals surface area contributed by atoms with E-state index >= 15 is 0 Å². The Bertz CT molecular complexity index is 649. The fourth-order valence-electron chi connectivity index (χ4n) is 1.50. The van der Waals surface area contributed by atoms with Gasteiger partial charge in [0.2, 0.25) is 0 Å². The molecule has 0 atom stereocenters. The molecular formula is C11H13N3O3S. The van der Waals surface area contributed by atoms with Crippen LogP contribution in [0, 0.1) is 0 Å². The molecule has 18 heavy (non-hydrogen) atoms. The molecule has 7 heteroatoms. The summed E-state index contributed by atoms with van der Waals surface area (Å²) in [6, 6.07) is 7.35. The van der Waals surface area contributed by atoms with Crippen LogP contribution in [0.15, 0.2) is 28.8 Å². The van der Waals surface area contributed by atoms with Gasteiger partial charge in [0.05, 0.1) is 0 Å². The lowest BCUT2D eigenvalue weighted by atomic mass is 10.1. The number of nitrogens with two attached hydrogens (primary N) is 1. The Balaban J connectivity index is 2.29. The molecule has 1 aromatic heterocycles. The van der Waals surface area contributed by atoms with Crippen molar-refractivity contribution in [3.05, 3.63) is 35.7 Å². The third kappa shape index (κ3) is 3.14. The van der Waals surface area contributed by atoms with Crippen LogP contribution in [0.1, 0.15) is 11.4 Å². The van der Waals surface area contributed by atoms with Gasteiger partial charge in [-0.05, 0) is 17.7 Å². The maximum Gasteiger partial charge on any atom is 0.257 e. The number of hydrogen-bond donors (Lipinski definition) is 1. The molecule has 6 nitrogen and oxygen atoms in total. The summed E-state index contributed by atoms with van der Waals surface area (Å²) in [5, 5.41) is 3.64. The number of hydrogen-bond acceptors (Lipinski definition) is 6. The molecule has 2 rings (SSSR count). The van der Waals surface area contributed by atoms with Gasteiger partial charge in [0.25, 0.3) is 5.89 Å². The molecule has 96 valence electrons. The highest BCUT2D eigenvalue weighted by Crippen LogP contribution is 2.18. The zero-order valence-corrected chi connectivity index (χ0v) is 10.6. The van der Waals surface area contributed by atoms with Gasteiger partial charge in [-0.3, -0.25) is 0 Å². The molecule has 0 unspecified atom stereocenters. The van der Waals surface area contributed by atoms with Crippen molar-refractivity contribution in [2.24, 2.45) is 5.73 Å². The van der Waals surface area contributed by atoms with Crippen molar-refractivity contribution in [1.82, 2.24) is 10.1 Å². The van der Waals surface area contributed by atoms with Crippen LogP contribution in [0.4, 0.5) is 0 Å². The van der Waals surface area contributed by atoms with Gasteiger partial charge in [-0.15, -0.1) is 0 Å². The van der Waals surface area contributed by atoms with Crippen molar-refractivity contribution >= 4 is 9.84 Å². The highest BCUT2D eigenvalue weighted by Gasteiger charge is 2.13. The van der Waals surface area contributed by atoms with Gasteiger partial charge >= 0.3 is 0 Å². The molecule has 0 aliphatic carbocycles. The van der Waals surface area contributed by atoms with Gasteiger partial charge in [0.1, 0.15) is 5.75 Å². The summed E-state index contributed by atoms with van der Waals surface area (Å²) < 4.78 is 27.2. The van der Waals surface area contributed by atoms with Crippen LogP contribution in [0.3, 0.4) is 0 Å². The van der Waals surface area contributed by atoms with Crippen LogP contribution >= 0.6 is 0 Å². The number of rotatable bonds is 4. The minimum atomic E-state index is -3.16. The molecule has 0 aliphatic heterocycles. The quantitative estimate of drug-likeness (QED) is 0.877. The molecule has 2 aromatic rings. The summed E-state index contributed by atoms with van der Waals surface area (Å²) in [4.78, 5) is 4.04. The smallest absolute Gasteiger partial charge is 0.257 e. The van der Waals surface area contributed by atoms with Gasteiger partial charge < -0.3 is 10.3 Å². The van der Waals surface area contributed by atoms with E-state index in [0.717, 1.165) is 17.4 Å². The Kier molecular flexibility index (Phi) is 3.44. The topological polar surface area (TPSA) is 99.1 Å². The first-order valence-electron chi connectivity index (χ1n) is 5.27. The van der Waals surface area contributed by atoms with E-state index in [1.54, 1.807) is 6.07 Å². The Morgan fingerprint density at radius 1 is 1.39 bits per heavy atom. The predicted octanol–water partition coefficient (Wildman–Crippen LogP) is 0.740. The van der Waals surface area contributed by atoms with E-state index in [2.05, 4.69) is 10.1 Å². The lowest BCUT2D eigenvalue weighted by Gasteiger charge is -1.98. The fourth-order valence-corrected chi connectivity index (χ4v) is 2.08. The van der Waals surface area contributed by atoms with E-state index < -0.39 is 9.84 Å². The molecule has 2 N–H and O–H groups in total. The lowest BCUT2D eigenvalue weighted by Crippen LogP contribution is -2.02. The molecule has 0 fully saturated rings. The Hall–Kier alpha value is -1.73. The zero-order valence-electron chi connectivity index (χ0n) is 9.83. The summed E-state index contributed by atoms with van der Waals surface area (Å²) in [6.07, 6.45) is 1.12. The first-order valence-corrected chi connectivity index (χ1v) is 7.34. The molecule has 0 saturated carbocycles. The maximum atomic E-state index is 11.1. The van der Waals surface area contributed by atoms with E-state index in [0.29, 0.717) is 12.4 Å². The molecule has 0 saturated heterocycles. The van der Waals surface area contributed by atoms with Crippen LogP contribution < -0.4 is 5.73 Å². The first-order chi connectivity index (χ1) is 8.48. The van der Waals surface area contributed by atoms with Crippen LogP contribution in [0.25, 0.3) is 11.5 Å². The van der Waals surface area contributed by atoms with Crippen LogP contribution in [0.5, 0.6) is 0 Å². The average Bonchev–Trinajstić information content (AvgIpc) is 2.75. The normalized spacial score (nSPS) is 11.7. The van der Waals surface area contributed by atoms with Crippen molar-refractivity contribution in [2.75, 3.05) is 6.26 Å². The second kappa shape index (κ2) is 4.87. The minimum absolute atomic E-state index is 0.158. The van der Waals surface area contributed by atoms with E-state index in [4.69, 9.17) is 10.3 Å². The van der Waals surface area contributed by atoms with Crippen LogP contribution in [0.2, 0.25) is 0 Å². The van der Waals surface area contributed by atoms with Crippen molar-refractivity contribution in [3.63, 3.8) is 0 Å². The SMILES string of the molecule is CS(=O)(=O)Cc1noc(-c2cccc(CN)c2)n1. The standard InChI is InChI=1S/C11H13N3O3S/c1-18(15,16)7-10-13-11(17-14-10)9-4-2-3-8(5-9)6-12/h2-5H,6-7,12H2,1H3. The second-order valence-electron chi connectivity index (χ2n) is 3.99. The molecule has 0 aliphatic rings. The monoisotopic (exact) mass is 267 g/mol. The number of sulfone groups is 1.